The number of hydrogen-bond acceptors (Lipinski definition) is 4. The van der Waals surface area contributed by atoms with Crippen molar-refractivity contribution in [2.75, 3.05) is 5.32 Å². The Morgan fingerprint density at radius 3 is 2.88 bits per heavy atom. The number of hydrogen-bond donors (Lipinski definition) is 1. The van der Waals surface area contributed by atoms with Gasteiger partial charge in [-0.3, -0.25) is 4.79 Å². The fourth-order valence-corrected chi connectivity index (χ4v) is 4.44. The van der Waals surface area contributed by atoms with Crippen LogP contribution >= 0.6 is 22.9 Å². The second-order valence-corrected chi connectivity index (χ2v) is 7.73. The second-order valence-electron chi connectivity index (χ2n) is 6.19. The Bertz CT molecular complexity index is 854. The maximum atomic E-state index is 12.5. The van der Waals surface area contributed by atoms with Crippen molar-refractivity contribution in [3.63, 3.8) is 0 Å². The highest BCUT2D eigenvalue weighted by molar-refractivity contribution is 7.16. The predicted octanol–water partition coefficient (Wildman–Crippen LogP) is 4.87. The molecule has 3 rings (SSSR count). The van der Waals surface area contributed by atoms with E-state index < -0.39 is 6.10 Å². The molecule has 0 saturated carbocycles. The van der Waals surface area contributed by atoms with Crippen molar-refractivity contribution in [3.8, 4) is 11.8 Å². The van der Waals surface area contributed by atoms with E-state index in [0.29, 0.717) is 21.3 Å². The van der Waals surface area contributed by atoms with Crippen LogP contribution in [0.25, 0.3) is 0 Å². The summed E-state index contributed by atoms with van der Waals surface area (Å²) in [6.45, 7) is 3.58. The average molecular weight is 375 g/mol. The zero-order chi connectivity index (χ0) is 18.0. The number of carbonyl (C=O) groups is 1. The van der Waals surface area contributed by atoms with Crippen molar-refractivity contribution in [2.45, 2.75) is 45.6 Å². The molecule has 130 valence electrons. The minimum absolute atomic E-state index is 0.260. The summed E-state index contributed by atoms with van der Waals surface area (Å²) in [6, 6.07) is 7.54. The molecule has 6 heteroatoms. The van der Waals surface area contributed by atoms with E-state index in [4.69, 9.17) is 16.3 Å². The van der Waals surface area contributed by atoms with Crippen LogP contribution in [-0.2, 0) is 17.6 Å². The molecule has 1 atom stereocenters. The number of benzene rings is 1. The number of nitrogens with zero attached hydrogens (tertiary/aromatic N) is 1. The van der Waals surface area contributed by atoms with Crippen molar-refractivity contribution < 1.29 is 9.53 Å². The van der Waals surface area contributed by atoms with Gasteiger partial charge in [0, 0.05) is 9.90 Å². The summed E-state index contributed by atoms with van der Waals surface area (Å²) >= 11 is 7.46. The van der Waals surface area contributed by atoms with Crippen molar-refractivity contribution >= 4 is 33.8 Å². The summed E-state index contributed by atoms with van der Waals surface area (Å²) in [4.78, 5) is 13.7. The maximum absolute atomic E-state index is 12.5. The normalized spacial score (nSPS) is 14.3. The Balaban J connectivity index is 1.74. The molecule has 25 heavy (non-hydrogen) atoms. The van der Waals surface area contributed by atoms with Crippen LogP contribution in [-0.4, -0.2) is 12.0 Å². The number of thiophene rings is 1. The number of halogens is 1. The third-order valence-electron chi connectivity index (χ3n) is 4.33. The monoisotopic (exact) mass is 374 g/mol. The van der Waals surface area contributed by atoms with Crippen LogP contribution in [0.5, 0.6) is 5.75 Å². The molecule has 0 bridgehead atoms. The van der Waals surface area contributed by atoms with E-state index in [-0.39, 0.29) is 5.91 Å². The number of rotatable bonds is 4. The Kier molecular flexibility index (Phi) is 5.31. The highest BCUT2D eigenvalue weighted by Crippen LogP contribution is 2.37. The van der Waals surface area contributed by atoms with Gasteiger partial charge in [-0.05, 0) is 68.9 Å². The topological polar surface area (TPSA) is 62.1 Å². The summed E-state index contributed by atoms with van der Waals surface area (Å²) in [7, 11) is 0. The first-order valence-electron chi connectivity index (χ1n) is 8.28. The summed E-state index contributed by atoms with van der Waals surface area (Å²) in [5.41, 5.74) is 2.59. The molecule has 0 aliphatic heterocycles. The van der Waals surface area contributed by atoms with Gasteiger partial charge in [0.05, 0.1) is 5.56 Å². The van der Waals surface area contributed by atoms with Gasteiger partial charge >= 0.3 is 0 Å². The van der Waals surface area contributed by atoms with Crippen LogP contribution in [0.4, 0.5) is 5.00 Å². The molecule has 1 unspecified atom stereocenters. The molecule has 1 aromatic heterocycles. The van der Waals surface area contributed by atoms with Crippen molar-refractivity contribution in [1.82, 2.24) is 0 Å². The number of ether oxygens (including phenoxy) is 1. The van der Waals surface area contributed by atoms with Crippen LogP contribution < -0.4 is 10.1 Å². The van der Waals surface area contributed by atoms with Gasteiger partial charge in [0.1, 0.15) is 16.8 Å². The lowest BCUT2D eigenvalue weighted by Crippen LogP contribution is -2.30. The summed E-state index contributed by atoms with van der Waals surface area (Å²) in [5.74, 6) is 0.363. The zero-order valence-corrected chi connectivity index (χ0v) is 15.8. The number of nitrogens with one attached hydrogen (secondary N) is 1. The molecule has 1 amide bonds. The molecule has 1 aliphatic rings. The van der Waals surface area contributed by atoms with Gasteiger partial charge in [-0.25, -0.2) is 0 Å². The quantitative estimate of drug-likeness (QED) is 0.830. The highest BCUT2D eigenvalue weighted by atomic mass is 35.5. The summed E-state index contributed by atoms with van der Waals surface area (Å²) < 4.78 is 5.76. The van der Waals surface area contributed by atoms with Crippen molar-refractivity contribution in [1.29, 1.82) is 5.26 Å². The van der Waals surface area contributed by atoms with E-state index in [1.807, 2.05) is 6.92 Å². The van der Waals surface area contributed by atoms with Crippen LogP contribution in [0.1, 0.15) is 41.3 Å². The minimum atomic E-state index is -0.675. The van der Waals surface area contributed by atoms with E-state index >= 15 is 0 Å². The third-order valence-corrected chi connectivity index (χ3v) is 5.77. The van der Waals surface area contributed by atoms with Crippen LogP contribution in [0.3, 0.4) is 0 Å². The van der Waals surface area contributed by atoms with Crippen LogP contribution in [0.2, 0.25) is 5.02 Å². The molecular formula is C19H19ClN2O2S. The first-order chi connectivity index (χ1) is 12.0. The van der Waals surface area contributed by atoms with Crippen LogP contribution in [0, 0.1) is 18.3 Å². The highest BCUT2D eigenvalue weighted by Gasteiger charge is 2.24. The van der Waals surface area contributed by atoms with Gasteiger partial charge in [0.15, 0.2) is 6.10 Å². The third kappa shape index (κ3) is 3.81. The minimum Gasteiger partial charge on any atom is -0.481 e. The lowest BCUT2D eigenvalue weighted by molar-refractivity contribution is -0.122. The lowest BCUT2D eigenvalue weighted by Gasteiger charge is -2.16. The molecular weight excluding hydrogens is 356 g/mol. The summed E-state index contributed by atoms with van der Waals surface area (Å²) in [5, 5.41) is 13.6. The zero-order valence-electron chi connectivity index (χ0n) is 14.2. The molecule has 4 nitrogen and oxygen atoms in total. The molecule has 1 N–H and O–H groups in total. The predicted molar refractivity (Wildman–Crippen MR) is 101 cm³/mol. The number of anilines is 1. The number of amides is 1. The number of nitriles is 1. The first kappa shape index (κ1) is 17.8. The first-order valence-corrected chi connectivity index (χ1v) is 9.47. The number of fused-ring (bicyclic) bond motifs is 1. The molecule has 1 aromatic carbocycles. The van der Waals surface area contributed by atoms with Gasteiger partial charge in [-0.15, -0.1) is 11.3 Å². The molecule has 0 saturated heterocycles. The van der Waals surface area contributed by atoms with Gasteiger partial charge in [0.25, 0.3) is 5.91 Å². The van der Waals surface area contributed by atoms with E-state index in [1.54, 1.807) is 25.1 Å². The Hall–Kier alpha value is -2.03. The van der Waals surface area contributed by atoms with Gasteiger partial charge in [0.2, 0.25) is 0 Å². The van der Waals surface area contributed by atoms with E-state index in [2.05, 4.69) is 11.4 Å². The van der Waals surface area contributed by atoms with Crippen LogP contribution in [0.15, 0.2) is 18.2 Å². The Morgan fingerprint density at radius 1 is 1.40 bits per heavy atom. The molecule has 0 spiro atoms. The van der Waals surface area contributed by atoms with Gasteiger partial charge < -0.3 is 10.1 Å². The second kappa shape index (κ2) is 7.47. The van der Waals surface area contributed by atoms with Gasteiger partial charge in [-0.1, -0.05) is 11.6 Å². The van der Waals surface area contributed by atoms with Crippen molar-refractivity contribution in [2.24, 2.45) is 0 Å². The molecule has 0 radical (unpaired) electrons. The van der Waals surface area contributed by atoms with E-state index in [1.165, 1.54) is 16.2 Å². The molecule has 1 aliphatic carbocycles. The largest absolute Gasteiger partial charge is 0.481 e. The molecule has 2 aromatic rings. The Morgan fingerprint density at radius 2 is 2.16 bits per heavy atom. The number of carbonyl (C=O) groups excluding carboxylic acids is 1. The average Bonchev–Trinajstić information content (AvgIpc) is 2.94. The SMILES string of the molecule is Cc1cc(Cl)ccc1OC(C)C(=O)Nc1sc2c(c1C#N)CCCC2. The molecule has 1 heterocycles. The number of aryl methyl sites for hydroxylation is 2. The van der Waals surface area contributed by atoms with E-state index in [9.17, 15) is 10.1 Å². The van der Waals surface area contributed by atoms with E-state index in [0.717, 1.165) is 36.8 Å². The lowest BCUT2D eigenvalue weighted by atomic mass is 9.96. The Labute approximate surface area is 156 Å². The summed E-state index contributed by atoms with van der Waals surface area (Å²) in [6.07, 6.45) is 3.47. The fraction of sp³-hybridized carbons (Fsp3) is 0.368. The fourth-order valence-electron chi connectivity index (χ4n) is 2.97. The molecule has 0 fully saturated rings. The maximum Gasteiger partial charge on any atom is 0.265 e. The van der Waals surface area contributed by atoms with Crippen molar-refractivity contribution in [3.05, 3.63) is 44.8 Å². The van der Waals surface area contributed by atoms with Gasteiger partial charge in [-0.2, -0.15) is 5.26 Å². The standard InChI is InChI=1S/C19H19ClN2O2S/c1-11-9-13(20)7-8-16(11)24-12(2)18(23)22-19-15(10-21)14-5-3-4-6-17(14)25-19/h7-9,12H,3-6H2,1-2H3,(H,22,23). The smallest absolute Gasteiger partial charge is 0.265 e.